The fraction of sp³-hybridized carbons (Fsp3) is 0.467. The SMILES string of the molecule is CCN(CCCO)CC(=O)NC(=O)Cc1ccccc1. The average molecular weight is 278 g/mol. The zero-order chi connectivity index (χ0) is 14.8. The van der Waals surface area contributed by atoms with Gasteiger partial charge in [0, 0.05) is 13.2 Å². The third kappa shape index (κ3) is 6.45. The van der Waals surface area contributed by atoms with Gasteiger partial charge in [-0.15, -0.1) is 0 Å². The number of carbonyl (C=O) groups is 2. The summed E-state index contributed by atoms with van der Waals surface area (Å²) in [5.74, 6) is -0.592. The molecule has 5 nitrogen and oxygen atoms in total. The largest absolute Gasteiger partial charge is 0.396 e. The highest BCUT2D eigenvalue weighted by Gasteiger charge is 2.12. The Morgan fingerprint density at radius 2 is 1.90 bits per heavy atom. The maximum atomic E-state index is 11.7. The number of imide groups is 1. The van der Waals surface area contributed by atoms with Crippen LogP contribution in [0.15, 0.2) is 30.3 Å². The molecule has 2 N–H and O–H groups in total. The summed E-state index contributed by atoms with van der Waals surface area (Å²) in [6.07, 6.45) is 0.828. The Hall–Kier alpha value is -1.72. The van der Waals surface area contributed by atoms with Crippen molar-refractivity contribution in [1.82, 2.24) is 10.2 Å². The third-order valence-corrected chi connectivity index (χ3v) is 2.93. The van der Waals surface area contributed by atoms with E-state index in [4.69, 9.17) is 5.11 Å². The van der Waals surface area contributed by atoms with Gasteiger partial charge < -0.3 is 5.11 Å². The molecule has 0 unspecified atom stereocenters. The molecular weight excluding hydrogens is 256 g/mol. The molecule has 1 aromatic rings. The first-order chi connectivity index (χ1) is 9.65. The van der Waals surface area contributed by atoms with E-state index in [1.165, 1.54) is 0 Å². The van der Waals surface area contributed by atoms with Gasteiger partial charge in [0.05, 0.1) is 13.0 Å². The molecule has 0 aliphatic heterocycles. The number of hydrogen-bond donors (Lipinski definition) is 2. The first-order valence-electron chi connectivity index (χ1n) is 6.85. The smallest absolute Gasteiger partial charge is 0.240 e. The Morgan fingerprint density at radius 1 is 1.20 bits per heavy atom. The number of hydrogen-bond acceptors (Lipinski definition) is 4. The number of amides is 2. The van der Waals surface area contributed by atoms with Gasteiger partial charge in [0.1, 0.15) is 0 Å². The lowest BCUT2D eigenvalue weighted by molar-refractivity contribution is -0.130. The topological polar surface area (TPSA) is 69.6 Å². The molecule has 0 saturated carbocycles. The molecule has 0 aliphatic carbocycles. The molecule has 110 valence electrons. The Morgan fingerprint density at radius 3 is 2.50 bits per heavy atom. The van der Waals surface area contributed by atoms with E-state index >= 15 is 0 Å². The summed E-state index contributed by atoms with van der Waals surface area (Å²) < 4.78 is 0. The van der Waals surface area contributed by atoms with E-state index in [0.717, 1.165) is 5.56 Å². The first-order valence-corrected chi connectivity index (χ1v) is 6.85. The molecule has 0 spiro atoms. The highest BCUT2D eigenvalue weighted by atomic mass is 16.3. The summed E-state index contributed by atoms with van der Waals surface area (Å²) in [6, 6.07) is 9.30. The summed E-state index contributed by atoms with van der Waals surface area (Å²) in [6.45, 7) is 3.58. The van der Waals surface area contributed by atoms with Gasteiger partial charge in [-0.3, -0.25) is 19.8 Å². The van der Waals surface area contributed by atoms with E-state index in [1.54, 1.807) is 0 Å². The summed E-state index contributed by atoms with van der Waals surface area (Å²) in [5, 5.41) is 11.2. The number of nitrogens with zero attached hydrogens (tertiary/aromatic N) is 1. The van der Waals surface area contributed by atoms with Crippen LogP contribution in [0.3, 0.4) is 0 Å². The van der Waals surface area contributed by atoms with Crippen LogP contribution in [-0.4, -0.2) is 48.1 Å². The summed E-state index contributed by atoms with van der Waals surface area (Å²) in [7, 11) is 0. The van der Waals surface area contributed by atoms with E-state index < -0.39 is 0 Å². The van der Waals surface area contributed by atoms with Gasteiger partial charge in [-0.2, -0.15) is 0 Å². The van der Waals surface area contributed by atoms with Crippen LogP contribution >= 0.6 is 0 Å². The van der Waals surface area contributed by atoms with Gasteiger partial charge in [0.25, 0.3) is 0 Å². The van der Waals surface area contributed by atoms with E-state index in [2.05, 4.69) is 5.32 Å². The van der Waals surface area contributed by atoms with Crippen molar-refractivity contribution >= 4 is 11.8 Å². The zero-order valence-electron chi connectivity index (χ0n) is 11.8. The molecule has 0 bridgehead atoms. The summed E-state index contributed by atoms with van der Waals surface area (Å²) >= 11 is 0. The maximum Gasteiger partial charge on any atom is 0.240 e. The van der Waals surface area contributed by atoms with Gasteiger partial charge in [-0.05, 0) is 18.5 Å². The Labute approximate surface area is 119 Å². The normalized spacial score (nSPS) is 10.6. The quantitative estimate of drug-likeness (QED) is 0.729. The van der Waals surface area contributed by atoms with Crippen molar-refractivity contribution in [3.05, 3.63) is 35.9 Å². The lowest BCUT2D eigenvalue weighted by Gasteiger charge is -2.18. The van der Waals surface area contributed by atoms with Gasteiger partial charge >= 0.3 is 0 Å². The fourth-order valence-corrected chi connectivity index (χ4v) is 1.87. The maximum absolute atomic E-state index is 11.7. The highest BCUT2D eigenvalue weighted by Crippen LogP contribution is 1.99. The number of aliphatic hydroxyl groups excluding tert-OH is 1. The van der Waals surface area contributed by atoms with Crippen LogP contribution in [0.25, 0.3) is 0 Å². The molecule has 20 heavy (non-hydrogen) atoms. The lowest BCUT2D eigenvalue weighted by atomic mass is 10.1. The van der Waals surface area contributed by atoms with Gasteiger partial charge in [-0.1, -0.05) is 37.3 Å². The second-order valence-electron chi connectivity index (χ2n) is 4.58. The zero-order valence-corrected chi connectivity index (χ0v) is 11.8. The van der Waals surface area contributed by atoms with Crippen molar-refractivity contribution in [2.24, 2.45) is 0 Å². The number of aliphatic hydroxyl groups is 1. The van der Waals surface area contributed by atoms with Crippen molar-refractivity contribution in [2.75, 3.05) is 26.2 Å². The standard InChI is InChI=1S/C15H22N2O3/c1-2-17(9-6-10-18)12-15(20)16-14(19)11-13-7-4-3-5-8-13/h3-5,7-8,18H,2,6,9-12H2,1H3,(H,16,19,20). The van der Waals surface area contributed by atoms with E-state index in [9.17, 15) is 9.59 Å². The lowest BCUT2D eigenvalue weighted by Crippen LogP contribution is -2.41. The molecule has 5 heteroatoms. The van der Waals surface area contributed by atoms with Crippen molar-refractivity contribution < 1.29 is 14.7 Å². The number of nitrogens with one attached hydrogen (secondary N) is 1. The summed E-state index contributed by atoms with van der Waals surface area (Å²) in [4.78, 5) is 25.3. The number of rotatable bonds is 8. The summed E-state index contributed by atoms with van der Waals surface area (Å²) in [5.41, 5.74) is 0.880. The second kappa shape index (κ2) is 9.23. The van der Waals surface area contributed by atoms with Gasteiger partial charge in [0.15, 0.2) is 0 Å². The van der Waals surface area contributed by atoms with Crippen molar-refractivity contribution in [1.29, 1.82) is 0 Å². The van der Waals surface area contributed by atoms with Crippen LogP contribution < -0.4 is 5.32 Å². The van der Waals surface area contributed by atoms with Crippen molar-refractivity contribution in [3.8, 4) is 0 Å². The predicted molar refractivity (Wildman–Crippen MR) is 77.1 cm³/mol. The molecule has 0 radical (unpaired) electrons. The van der Waals surface area contributed by atoms with Crippen molar-refractivity contribution in [3.63, 3.8) is 0 Å². The van der Waals surface area contributed by atoms with Crippen LogP contribution in [0.1, 0.15) is 18.9 Å². The number of likely N-dealkylation sites (N-methyl/N-ethyl adjacent to an activating group) is 1. The van der Waals surface area contributed by atoms with Gasteiger partial charge in [0.2, 0.25) is 11.8 Å². The molecule has 0 aromatic heterocycles. The molecule has 1 aromatic carbocycles. The Balaban J connectivity index is 2.35. The molecule has 2 amide bonds. The average Bonchev–Trinajstić information content (AvgIpc) is 2.44. The van der Waals surface area contributed by atoms with E-state index in [-0.39, 0.29) is 31.4 Å². The first kappa shape index (κ1) is 16.3. The predicted octanol–water partition coefficient (Wildman–Crippen LogP) is 0.576. The minimum absolute atomic E-state index is 0.102. The van der Waals surface area contributed by atoms with Crippen LogP contribution in [-0.2, 0) is 16.0 Å². The fourth-order valence-electron chi connectivity index (χ4n) is 1.87. The molecule has 0 atom stereocenters. The number of carbonyl (C=O) groups excluding carboxylic acids is 2. The van der Waals surface area contributed by atoms with Crippen molar-refractivity contribution in [2.45, 2.75) is 19.8 Å². The molecule has 1 rings (SSSR count). The number of benzene rings is 1. The second-order valence-corrected chi connectivity index (χ2v) is 4.58. The van der Waals surface area contributed by atoms with E-state index in [0.29, 0.717) is 19.5 Å². The molecule has 0 saturated heterocycles. The van der Waals surface area contributed by atoms with E-state index in [1.807, 2.05) is 42.2 Å². The van der Waals surface area contributed by atoms with Crippen LogP contribution in [0.5, 0.6) is 0 Å². The molecule has 0 fully saturated rings. The Kier molecular flexibility index (Phi) is 7.54. The minimum Gasteiger partial charge on any atom is -0.396 e. The molecule has 0 aliphatic rings. The highest BCUT2D eigenvalue weighted by molar-refractivity contribution is 5.96. The van der Waals surface area contributed by atoms with Crippen LogP contribution in [0, 0.1) is 0 Å². The Bertz CT molecular complexity index is 420. The monoisotopic (exact) mass is 278 g/mol. The molecular formula is C15H22N2O3. The van der Waals surface area contributed by atoms with Crippen LogP contribution in [0.2, 0.25) is 0 Å². The molecule has 0 heterocycles. The minimum atomic E-state index is -0.300. The van der Waals surface area contributed by atoms with Gasteiger partial charge in [-0.25, -0.2) is 0 Å². The third-order valence-electron chi connectivity index (χ3n) is 2.93. The van der Waals surface area contributed by atoms with Crippen LogP contribution in [0.4, 0.5) is 0 Å².